The minimum Gasteiger partial charge on any atom is -0.367 e. The minimum atomic E-state index is -0.187. The van der Waals surface area contributed by atoms with Crippen LogP contribution in [0.25, 0.3) is 0 Å². The third kappa shape index (κ3) is 6.19. The van der Waals surface area contributed by atoms with Gasteiger partial charge in [0.25, 0.3) is 0 Å². The Balaban J connectivity index is 1.63. The number of amides is 1. The standard InChI is InChI=1S/C23H28Cl2N2O2/c1-26(2)23(28)19-4-3-13-27(16-19)14-15-29-22(17-5-9-20(24)10-6-17)18-7-11-21(25)12-8-18/h5-12,19,22H,3-4,13-16H2,1-2H3. The van der Waals surface area contributed by atoms with Crippen LogP contribution in [0.1, 0.15) is 30.1 Å². The fraction of sp³-hybridized carbons (Fsp3) is 0.435. The highest BCUT2D eigenvalue weighted by atomic mass is 35.5. The van der Waals surface area contributed by atoms with Gasteiger partial charge in [-0.25, -0.2) is 0 Å². The molecule has 1 heterocycles. The molecule has 1 fully saturated rings. The van der Waals surface area contributed by atoms with Crippen molar-refractivity contribution in [2.24, 2.45) is 5.92 Å². The van der Waals surface area contributed by atoms with E-state index < -0.39 is 0 Å². The molecule has 0 aliphatic carbocycles. The second-order valence-electron chi connectivity index (χ2n) is 7.73. The monoisotopic (exact) mass is 434 g/mol. The van der Waals surface area contributed by atoms with Crippen molar-refractivity contribution < 1.29 is 9.53 Å². The van der Waals surface area contributed by atoms with Gasteiger partial charge in [-0.15, -0.1) is 0 Å². The van der Waals surface area contributed by atoms with Crippen LogP contribution in [0.15, 0.2) is 48.5 Å². The Morgan fingerprint density at radius 1 is 1.07 bits per heavy atom. The summed E-state index contributed by atoms with van der Waals surface area (Å²) in [6.07, 6.45) is 1.82. The van der Waals surface area contributed by atoms with E-state index in [0.717, 1.165) is 43.6 Å². The van der Waals surface area contributed by atoms with E-state index >= 15 is 0 Å². The maximum absolute atomic E-state index is 12.3. The van der Waals surface area contributed by atoms with Crippen molar-refractivity contribution in [1.82, 2.24) is 9.80 Å². The highest BCUT2D eigenvalue weighted by Gasteiger charge is 2.27. The van der Waals surface area contributed by atoms with Crippen LogP contribution in [0.3, 0.4) is 0 Å². The van der Waals surface area contributed by atoms with E-state index in [4.69, 9.17) is 27.9 Å². The van der Waals surface area contributed by atoms with Gasteiger partial charge in [-0.05, 0) is 54.8 Å². The number of carbonyl (C=O) groups excluding carboxylic acids is 1. The summed E-state index contributed by atoms with van der Waals surface area (Å²) in [5.41, 5.74) is 2.10. The molecule has 2 aromatic rings. The highest BCUT2D eigenvalue weighted by molar-refractivity contribution is 6.30. The van der Waals surface area contributed by atoms with Crippen molar-refractivity contribution in [2.45, 2.75) is 18.9 Å². The van der Waals surface area contributed by atoms with Crippen LogP contribution in [0.4, 0.5) is 0 Å². The number of halogens is 2. The second kappa shape index (κ2) is 10.4. The molecule has 3 rings (SSSR count). The summed E-state index contributed by atoms with van der Waals surface area (Å²) in [6.45, 7) is 3.19. The normalized spacial score (nSPS) is 17.5. The summed E-state index contributed by atoms with van der Waals surface area (Å²) >= 11 is 12.1. The smallest absolute Gasteiger partial charge is 0.226 e. The molecule has 0 spiro atoms. The number of carbonyl (C=O) groups is 1. The maximum Gasteiger partial charge on any atom is 0.226 e. The van der Waals surface area contributed by atoms with Gasteiger partial charge in [-0.2, -0.15) is 0 Å². The Hall–Kier alpha value is -1.59. The summed E-state index contributed by atoms with van der Waals surface area (Å²) in [6, 6.07) is 15.5. The molecule has 0 radical (unpaired) electrons. The van der Waals surface area contributed by atoms with Crippen LogP contribution in [0.5, 0.6) is 0 Å². The molecule has 4 nitrogen and oxygen atoms in total. The molecule has 2 aromatic carbocycles. The molecule has 6 heteroatoms. The van der Waals surface area contributed by atoms with Gasteiger partial charge in [-0.3, -0.25) is 4.79 Å². The highest BCUT2D eigenvalue weighted by Crippen LogP contribution is 2.28. The maximum atomic E-state index is 12.3. The van der Waals surface area contributed by atoms with Crippen molar-refractivity contribution >= 4 is 29.1 Å². The molecular formula is C23H28Cl2N2O2. The van der Waals surface area contributed by atoms with E-state index in [1.165, 1.54) is 0 Å². The lowest BCUT2D eigenvalue weighted by Crippen LogP contribution is -2.43. The lowest BCUT2D eigenvalue weighted by molar-refractivity contribution is -0.134. The second-order valence-corrected chi connectivity index (χ2v) is 8.60. The number of piperidine rings is 1. The molecular weight excluding hydrogens is 407 g/mol. The number of likely N-dealkylation sites (tertiary alicyclic amines) is 1. The summed E-state index contributed by atoms with van der Waals surface area (Å²) in [5, 5.41) is 1.40. The van der Waals surface area contributed by atoms with Gasteiger partial charge in [-0.1, -0.05) is 47.5 Å². The van der Waals surface area contributed by atoms with Crippen LogP contribution in [0.2, 0.25) is 10.0 Å². The van der Waals surface area contributed by atoms with Crippen molar-refractivity contribution in [1.29, 1.82) is 0 Å². The molecule has 1 amide bonds. The third-order valence-electron chi connectivity index (χ3n) is 5.33. The Bertz CT molecular complexity index is 748. The summed E-state index contributed by atoms with van der Waals surface area (Å²) < 4.78 is 6.32. The molecule has 156 valence electrons. The molecule has 0 saturated carbocycles. The molecule has 0 bridgehead atoms. The predicted octanol–water partition coefficient (Wildman–Crippen LogP) is 4.90. The van der Waals surface area contributed by atoms with Crippen molar-refractivity contribution in [2.75, 3.05) is 40.3 Å². The van der Waals surface area contributed by atoms with Gasteiger partial charge in [0.1, 0.15) is 6.10 Å². The van der Waals surface area contributed by atoms with Crippen LogP contribution < -0.4 is 0 Å². The SMILES string of the molecule is CN(C)C(=O)C1CCCN(CCOC(c2ccc(Cl)cc2)c2ccc(Cl)cc2)C1. The van der Waals surface area contributed by atoms with E-state index in [1.807, 2.05) is 62.6 Å². The van der Waals surface area contributed by atoms with Crippen LogP contribution in [-0.4, -0.2) is 56.0 Å². The van der Waals surface area contributed by atoms with Crippen molar-refractivity contribution in [3.05, 3.63) is 69.7 Å². The van der Waals surface area contributed by atoms with Gasteiger partial charge in [0, 0.05) is 37.2 Å². The van der Waals surface area contributed by atoms with Gasteiger partial charge >= 0.3 is 0 Å². The first-order valence-electron chi connectivity index (χ1n) is 10.00. The van der Waals surface area contributed by atoms with Gasteiger partial charge < -0.3 is 14.5 Å². The van der Waals surface area contributed by atoms with E-state index in [0.29, 0.717) is 16.7 Å². The number of ether oxygens (including phenoxy) is 1. The predicted molar refractivity (Wildman–Crippen MR) is 119 cm³/mol. The molecule has 0 aromatic heterocycles. The fourth-order valence-corrected chi connectivity index (χ4v) is 4.04. The first-order chi connectivity index (χ1) is 13.9. The molecule has 1 unspecified atom stereocenters. The molecule has 29 heavy (non-hydrogen) atoms. The summed E-state index contributed by atoms with van der Waals surface area (Å²) in [5.74, 6) is 0.304. The molecule has 1 atom stereocenters. The quantitative estimate of drug-likeness (QED) is 0.620. The first kappa shape index (κ1) is 22.1. The van der Waals surface area contributed by atoms with Crippen LogP contribution >= 0.6 is 23.2 Å². The lowest BCUT2D eigenvalue weighted by Gasteiger charge is -2.33. The Morgan fingerprint density at radius 2 is 1.62 bits per heavy atom. The first-order valence-corrected chi connectivity index (χ1v) is 10.8. The summed E-state index contributed by atoms with van der Waals surface area (Å²) in [4.78, 5) is 16.3. The molecule has 1 aliphatic heterocycles. The van der Waals surface area contributed by atoms with Crippen molar-refractivity contribution in [3.8, 4) is 0 Å². The van der Waals surface area contributed by atoms with Crippen LogP contribution in [-0.2, 0) is 9.53 Å². The third-order valence-corrected chi connectivity index (χ3v) is 5.84. The average Bonchev–Trinajstić information content (AvgIpc) is 2.72. The lowest BCUT2D eigenvalue weighted by atomic mass is 9.97. The van der Waals surface area contributed by atoms with Gasteiger partial charge in [0.05, 0.1) is 12.5 Å². The zero-order chi connectivity index (χ0) is 20.8. The van der Waals surface area contributed by atoms with Gasteiger partial charge in [0.2, 0.25) is 5.91 Å². The van der Waals surface area contributed by atoms with E-state index in [9.17, 15) is 4.79 Å². The Labute approximate surface area is 183 Å². The summed E-state index contributed by atoms with van der Waals surface area (Å²) in [7, 11) is 3.65. The Morgan fingerprint density at radius 3 is 2.14 bits per heavy atom. The molecule has 0 N–H and O–H groups in total. The van der Waals surface area contributed by atoms with Crippen molar-refractivity contribution in [3.63, 3.8) is 0 Å². The number of benzene rings is 2. The Kier molecular flexibility index (Phi) is 7.96. The zero-order valence-corrected chi connectivity index (χ0v) is 18.5. The van der Waals surface area contributed by atoms with E-state index in [1.54, 1.807) is 4.90 Å². The van der Waals surface area contributed by atoms with Gasteiger partial charge in [0.15, 0.2) is 0 Å². The molecule has 1 aliphatic rings. The molecule has 1 saturated heterocycles. The van der Waals surface area contributed by atoms with Crippen LogP contribution in [0, 0.1) is 5.92 Å². The van der Waals surface area contributed by atoms with E-state index in [2.05, 4.69) is 4.90 Å². The fourth-order valence-electron chi connectivity index (χ4n) is 3.79. The topological polar surface area (TPSA) is 32.8 Å². The average molecular weight is 435 g/mol. The number of nitrogens with zero attached hydrogens (tertiary/aromatic N) is 2. The number of hydrogen-bond donors (Lipinski definition) is 0. The number of hydrogen-bond acceptors (Lipinski definition) is 3. The van der Waals surface area contributed by atoms with E-state index in [-0.39, 0.29) is 17.9 Å². The zero-order valence-electron chi connectivity index (χ0n) is 17.0. The minimum absolute atomic E-state index is 0.0853. The largest absolute Gasteiger partial charge is 0.367 e. The number of rotatable bonds is 7.